The molecule has 2 aliphatic heterocycles. The molecule has 14 nitrogen and oxygen atoms in total. The van der Waals surface area contributed by atoms with Crippen molar-refractivity contribution < 1.29 is 114 Å². The van der Waals surface area contributed by atoms with Gasteiger partial charge in [0.1, 0.15) is 13.1 Å². The van der Waals surface area contributed by atoms with Gasteiger partial charge in [-0.3, -0.25) is 9.59 Å². The van der Waals surface area contributed by atoms with Gasteiger partial charge in [0.25, 0.3) is 0 Å². The van der Waals surface area contributed by atoms with Crippen LogP contribution in [0.2, 0.25) is 0 Å². The lowest BCUT2D eigenvalue weighted by atomic mass is 10.0. The Labute approximate surface area is 371 Å². The molecule has 57 heavy (non-hydrogen) atoms. The van der Waals surface area contributed by atoms with E-state index in [4.69, 9.17) is 37.9 Å². The number of methoxy groups -OCH3 is 4. The second-order valence-corrected chi connectivity index (χ2v) is 15.0. The monoisotopic (exact) mass is 1030 g/mol. The van der Waals surface area contributed by atoms with Crippen molar-refractivity contribution in [3.63, 3.8) is 0 Å². The lowest BCUT2D eigenvalue weighted by molar-refractivity contribution is -0.916. The molecule has 2 aromatic carbocycles. The molecule has 16 heteroatoms. The quantitative estimate of drug-likeness (QED) is 0.0529. The molecule has 2 aromatic rings. The molecule has 0 saturated carbocycles. The molecule has 2 saturated heterocycles. The number of carbonyl (C=O) groups excluding carboxylic acids is 4. The van der Waals surface area contributed by atoms with E-state index in [0.717, 1.165) is 45.2 Å². The van der Waals surface area contributed by atoms with Crippen molar-refractivity contribution >= 4 is 23.9 Å². The Morgan fingerprint density at radius 3 is 1.33 bits per heavy atom. The fraction of sp³-hybridized carbons (Fsp3) is 0.610. The van der Waals surface area contributed by atoms with Crippen LogP contribution in [0.15, 0.2) is 36.4 Å². The molecule has 0 aliphatic carbocycles. The van der Waals surface area contributed by atoms with E-state index in [-0.39, 0.29) is 84.9 Å². The van der Waals surface area contributed by atoms with Gasteiger partial charge >= 0.3 is 23.9 Å². The molecule has 0 amide bonds. The summed E-state index contributed by atoms with van der Waals surface area (Å²) in [6.07, 6.45) is 5.51. The van der Waals surface area contributed by atoms with Crippen LogP contribution in [-0.4, -0.2) is 140 Å². The van der Waals surface area contributed by atoms with E-state index < -0.39 is 11.9 Å². The number of ether oxygens (including phenoxy) is 8. The van der Waals surface area contributed by atoms with E-state index in [1.54, 1.807) is 36.4 Å². The van der Waals surface area contributed by atoms with E-state index in [1.165, 1.54) is 28.4 Å². The minimum absolute atomic E-state index is 0. The number of carbonyl (C=O) groups is 4. The Morgan fingerprint density at radius 2 is 0.965 bits per heavy atom. The van der Waals surface area contributed by atoms with Gasteiger partial charge in [-0.2, -0.15) is 0 Å². The van der Waals surface area contributed by atoms with Crippen LogP contribution < -0.4 is 66.9 Å². The molecule has 4 atom stereocenters. The minimum Gasteiger partial charge on any atom is -1.00 e. The fourth-order valence-corrected chi connectivity index (χ4v) is 7.33. The van der Waals surface area contributed by atoms with Crippen molar-refractivity contribution in [1.82, 2.24) is 0 Å². The van der Waals surface area contributed by atoms with Crippen LogP contribution in [0.1, 0.15) is 78.5 Å². The van der Waals surface area contributed by atoms with Gasteiger partial charge in [0.2, 0.25) is 0 Å². The van der Waals surface area contributed by atoms with Gasteiger partial charge in [-0.1, -0.05) is 0 Å². The highest BCUT2D eigenvalue weighted by Gasteiger charge is 2.35. The third-order valence-corrected chi connectivity index (χ3v) is 10.5. The first-order chi connectivity index (χ1) is 26.4. The largest absolute Gasteiger partial charge is 1.00 e. The van der Waals surface area contributed by atoms with E-state index in [0.29, 0.717) is 95.3 Å². The highest BCUT2D eigenvalue weighted by atomic mass is 127. The van der Waals surface area contributed by atoms with Crippen LogP contribution in [0.5, 0.6) is 23.0 Å². The first-order valence-corrected chi connectivity index (χ1v) is 19.2. The molecule has 0 spiro atoms. The molecule has 0 aromatic heterocycles. The number of hydrogen-bond acceptors (Lipinski definition) is 12. The van der Waals surface area contributed by atoms with Crippen molar-refractivity contribution in [2.45, 2.75) is 70.0 Å². The first kappa shape index (κ1) is 50.0. The summed E-state index contributed by atoms with van der Waals surface area (Å²) in [6, 6.07) is 9.90. The zero-order valence-corrected chi connectivity index (χ0v) is 38.5. The maximum atomic E-state index is 12.9. The summed E-state index contributed by atoms with van der Waals surface area (Å²) < 4.78 is 45.0. The number of rotatable bonds is 20. The summed E-state index contributed by atoms with van der Waals surface area (Å²) in [4.78, 5) is 50.8. The lowest BCUT2D eigenvalue weighted by Crippen LogP contribution is -3.00. The normalized spacial score (nSPS) is 21.4. The topological polar surface area (TPSA) is 142 Å². The predicted octanol–water partition coefficient (Wildman–Crippen LogP) is -1.00. The number of likely N-dealkylation sites (N-methyl/N-ethyl adjacent to an activating group) is 2. The van der Waals surface area contributed by atoms with Crippen LogP contribution >= 0.6 is 0 Å². The van der Waals surface area contributed by atoms with Crippen molar-refractivity contribution in [3.8, 4) is 23.0 Å². The molecule has 0 N–H and O–H groups in total. The Morgan fingerprint density at radius 1 is 0.579 bits per heavy atom. The zero-order valence-electron chi connectivity index (χ0n) is 34.2. The van der Waals surface area contributed by atoms with Gasteiger partial charge in [0.15, 0.2) is 35.2 Å². The van der Waals surface area contributed by atoms with Crippen LogP contribution in [0.25, 0.3) is 0 Å². The minimum atomic E-state index is -0.412. The van der Waals surface area contributed by atoms with Crippen molar-refractivity contribution in [3.05, 3.63) is 47.5 Å². The number of piperidine rings is 2. The standard InChI is InChI=1S/C41H60N2O12.2HI/c1-42(20-10-12-32(28-42)54-40(46)30-14-16-34(48-3)36(26-30)50-5)22-18-38(44)52-24-8-7-9-25-53-39(45)19-23-43(2)21-11-13-33(29-43)55-41(47)31-15-17-35(49-4)37(27-31)51-6;;/h14-17,26-27,32-33H,7-13,18-25,28-29H2,1-6H3;2*1H/q+2;;/p-2. The van der Waals surface area contributed by atoms with Crippen molar-refractivity contribution in [2.24, 2.45) is 0 Å². The average molecular weight is 1030 g/mol. The van der Waals surface area contributed by atoms with E-state index in [1.807, 2.05) is 0 Å². The van der Waals surface area contributed by atoms with Gasteiger partial charge < -0.3 is 94.8 Å². The number of nitrogens with zero attached hydrogens (tertiary/aromatic N) is 2. The highest BCUT2D eigenvalue weighted by molar-refractivity contribution is 5.91. The van der Waals surface area contributed by atoms with Crippen LogP contribution in [0.3, 0.4) is 0 Å². The first-order valence-electron chi connectivity index (χ1n) is 19.2. The smallest absolute Gasteiger partial charge is 0.338 e. The molecule has 2 fully saturated rings. The summed E-state index contributed by atoms with van der Waals surface area (Å²) in [6.45, 7) is 4.87. The molecule has 4 unspecified atom stereocenters. The zero-order chi connectivity index (χ0) is 39.8. The summed E-state index contributed by atoms with van der Waals surface area (Å²) >= 11 is 0. The molecular weight excluding hydrogens is 966 g/mol. The maximum Gasteiger partial charge on any atom is 0.338 e. The number of unbranched alkanes of at least 4 members (excludes halogenated alkanes) is 2. The second-order valence-electron chi connectivity index (χ2n) is 15.0. The predicted molar refractivity (Wildman–Crippen MR) is 203 cm³/mol. The number of quaternary nitrogens is 2. The molecule has 0 bridgehead atoms. The second kappa shape index (κ2) is 24.7. The number of benzene rings is 2. The summed E-state index contributed by atoms with van der Waals surface area (Å²) in [5.74, 6) is 0.684. The molecule has 320 valence electrons. The molecule has 4 rings (SSSR count). The lowest BCUT2D eigenvalue weighted by Gasteiger charge is -2.40. The number of likely N-dealkylation sites (tertiary alicyclic amines) is 2. The van der Waals surface area contributed by atoms with Crippen LogP contribution in [-0.2, 0) is 28.5 Å². The Bertz CT molecular complexity index is 1500. The summed E-state index contributed by atoms with van der Waals surface area (Å²) in [7, 11) is 10.3. The van der Waals surface area contributed by atoms with Crippen LogP contribution in [0, 0.1) is 0 Å². The van der Waals surface area contributed by atoms with Gasteiger partial charge in [0.05, 0.1) is 106 Å². The molecular formula is C41H60I2N2O12. The van der Waals surface area contributed by atoms with E-state index in [9.17, 15) is 19.2 Å². The molecule has 2 heterocycles. The fourth-order valence-electron chi connectivity index (χ4n) is 7.33. The Hall–Kier alpha value is -3.10. The number of hydrogen-bond donors (Lipinski definition) is 0. The molecule has 2 aliphatic rings. The summed E-state index contributed by atoms with van der Waals surface area (Å²) in [5.41, 5.74) is 0.792. The summed E-state index contributed by atoms with van der Waals surface area (Å²) in [5, 5.41) is 0. The van der Waals surface area contributed by atoms with Gasteiger partial charge in [-0.05, 0) is 68.5 Å². The maximum absolute atomic E-state index is 12.9. The highest BCUT2D eigenvalue weighted by Crippen LogP contribution is 2.30. The van der Waals surface area contributed by atoms with Gasteiger partial charge in [0, 0.05) is 12.8 Å². The van der Waals surface area contributed by atoms with Crippen molar-refractivity contribution in [1.29, 1.82) is 0 Å². The Balaban J connectivity index is 0.00000561. The van der Waals surface area contributed by atoms with E-state index in [2.05, 4.69) is 14.1 Å². The van der Waals surface area contributed by atoms with E-state index >= 15 is 0 Å². The molecule has 0 radical (unpaired) electrons. The van der Waals surface area contributed by atoms with Crippen molar-refractivity contribution in [2.75, 3.05) is 95.0 Å². The third kappa shape index (κ3) is 15.9. The van der Waals surface area contributed by atoms with Crippen LogP contribution in [0.4, 0.5) is 0 Å². The average Bonchev–Trinajstić information content (AvgIpc) is 3.18. The van der Waals surface area contributed by atoms with Gasteiger partial charge in [-0.25, -0.2) is 9.59 Å². The third-order valence-electron chi connectivity index (χ3n) is 10.5. The SMILES string of the molecule is COc1ccc(C(=O)OC2CCC[N+](C)(CCC(=O)OCCCCCOC(=O)CC[N+]3(C)CCCC(OC(=O)c4ccc(OC)c(OC)c4)C3)C2)cc1OC.[I-].[I-]. The Kier molecular flexibility index (Phi) is 21.7. The number of halogens is 2. The number of esters is 4. The van der Waals surface area contributed by atoms with Gasteiger partial charge in [-0.15, -0.1) is 0 Å².